The maximum atomic E-state index is 12.6. The zero-order valence-electron chi connectivity index (χ0n) is 11.6. The number of rotatable bonds is 4. The van der Waals surface area contributed by atoms with Crippen LogP contribution in [0.3, 0.4) is 0 Å². The molecule has 104 valence electrons. The Balaban J connectivity index is 2.13. The number of hydrogen-bond donors (Lipinski definition) is 1. The van der Waals surface area contributed by atoms with Gasteiger partial charge in [0.2, 0.25) is 0 Å². The molecule has 1 atom stereocenters. The first-order chi connectivity index (χ1) is 9.13. The van der Waals surface area contributed by atoms with Crippen molar-refractivity contribution in [3.05, 3.63) is 34.3 Å². The first kappa shape index (κ1) is 14.4. The largest absolute Gasteiger partial charge is 0.337 e. The fourth-order valence-corrected chi connectivity index (χ4v) is 2.72. The molecular weight excluding hydrogens is 260 g/mol. The SMILES string of the molecule is CCN(CC1CCCN1)C(=O)c1cccc(C)c1Cl. The van der Waals surface area contributed by atoms with Crippen molar-refractivity contribution in [2.75, 3.05) is 19.6 Å². The summed E-state index contributed by atoms with van der Waals surface area (Å²) in [6.45, 7) is 6.47. The van der Waals surface area contributed by atoms with Gasteiger partial charge in [-0.15, -0.1) is 0 Å². The van der Waals surface area contributed by atoms with Crippen molar-refractivity contribution in [2.24, 2.45) is 0 Å². The van der Waals surface area contributed by atoms with E-state index in [1.165, 1.54) is 6.42 Å². The summed E-state index contributed by atoms with van der Waals surface area (Å²) in [6, 6.07) is 6.04. The number of nitrogens with one attached hydrogen (secondary N) is 1. The van der Waals surface area contributed by atoms with Gasteiger partial charge in [-0.1, -0.05) is 23.7 Å². The van der Waals surface area contributed by atoms with E-state index < -0.39 is 0 Å². The standard InChI is InChI=1S/C15H21ClN2O/c1-3-18(10-12-7-5-9-17-12)15(19)13-8-4-6-11(2)14(13)16/h4,6,8,12,17H,3,5,7,9-10H2,1-2H3. The summed E-state index contributed by atoms with van der Waals surface area (Å²) >= 11 is 6.24. The lowest BCUT2D eigenvalue weighted by molar-refractivity contribution is 0.0751. The molecule has 1 N–H and O–H groups in total. The van der Waals surface area contributed by atoms with Gasteiger partial charge in [0, 0.05) is 19.1 Å². The zero-order chi connectivity index (χ0) is 13.8. The Kier molecular flexibility index (Phi) is 4.83. The lowest BCUT2D eigenvalue weighted by atomic mass is 10.1. The molecule has 1 aromatic carbocycles. The van der Waals surface area contributed by atoms with Crippen LogP contribution in [0.15, 0.2) is 18.2 Å². The van der Waals surface area contributed by atoms with Crippen LogP contribution in [0.1, 0.15) is 35.7 Å². The van der Waals surface area contributed by atoms with Crippen molar-refractivity contribution in [1.82, 2.24) is 10.2 Å². The molecule has 2 rings (SSSR count). The molecule has 19 heavy (non-hydrogen) atoms. The Bertz CT molecular complexity index is 455. The van der Waals surface area contributed by atoms with Gasteiger partial charge in [0.25, 0.3) is 5.91 Å². The summed E-state index contributed by atoms with van der Waals surface area (Å²) < 4.78 is 0. The van der Waals surface area contributed by atoms with Crippen molar-refractivity contribution < 1.29 is 4.79 Å². The van der Waals surface area contributed by atoms with E-state index in [9.17, 15) is 4.79 Å². The van der Waals surface area contributed by atoms with Crippen LogP contribution in [0.4, 0.5) is 0 Å². The molecule has 0 bridgehead atoms. The Morgan fingerprint density at radius 2 is 2.32 bits per heavy atom. The summed E-state index contributed by atoms with van der Waals surface area (Å²) in [4.78, 5) is 14.4. The number of carbonyl (C=O) groups is 1. The highest BCUT2D eigenvalue weighted by Crippen LogP contribution is 2.22. The second kappa shape index (κ2) is 6.40. The number of nitrogens with zero attached hydrogens (tertiary/aromatic N) is 1. The average molecular weight is 281 g/mol. The maximum absolute atomic E-state index is 12.6. The highest BCUT2D eigenvalue weighted by atomic mass is 35.5. The van der Waals surface area contributed by atoms with Crippen molar-refractivity contribution in [3.63, 3.8) is 0 Å². The molecule has 1 fully saturated rings. The fourth-order valence-electron chi connectivity index (χ4n) is 2.52. The van der Waals surface area contributed by atoms with Crippen LogP contribution in [0.25, 0.3) is 0 Å². The fraction of sp³-hybridized carbons (Fsp3) is 0.533. The second-order valence-corrected chi connectivity index (χ2v) is 5.45. The van der Waals surface area contributed by atoms with Crippen LogP contribution >= 0.6 is 11.6 Å². The molecule has 0 aromatic heterocycles. The van der Waals surface area contributed by atoms with Crippen LogP contribution in [0, 0.1) is 6.92 Å². The van der Waals surface area contributed by atoms with E-state index >= 15 is 0 Å². The lowest BCUT2D eigenvalue weighted by Crippen LogP contribution is -2.41. The lowest BCUT2D eigenvalue weighted by Gasteiger charge is -2.25. The van der Waals surface area contributed by atoms with Crippen molar-refractivity contribution in [3.8, 4) is 0 Å². The smallest absolute Gasteiger partial charge is 0.255 e. The molecular formula is C15H21ClN2O. The van der Waals surface area contributed by atoms with Gasteiger partial charge in [0.15, 0.2) is 0 Å². The van der Waals surface area contributed by atoms with E-state index in [2.05, 4.69) is 5.32 Å². The molecule has 0 spiro atoms. The number of halogens is 1. The molecule has 0 radical (unpaired) electrons. The molecule has 1 aliphatic heterocycles. The topological polar surface area (TPSA) is 32.3 Å². The van der Waals surface area contributed by atoms with Gasteiger partial charge in [-0.25, -0.2) is 0 Å². The molecule has 0 aliphatic carbocycles. The summed E-state index contributed by atoms with van der Waals surface area (Å²) in [7, 11) is 0. The molecule has 1 saturated heterocycles. The van der Waals surface area contributed by atoms with Crippen LogP contribution < -0.4 is 5.32 Å². The van der Waals surface area contributed by atoms with E-state index in [0.29, 0.717) is 23.2 Å². The zero-order valence-corrected chi connectivity index (χ0v) is 12.3. The third-order valence-corrected chi connectivity index (χ3v) is 4.20. The first-order valence-corrected chi connectivity index (χ1v) is 7.29. The van der Waals surface area contributed by atoms with Crippen LogP contribution in [-0.4, -0.2) is 36.5 Å². The van der Waals surface area contributed by atoms with E-state index in [0.717, 1.165) is 25.1 Å². The van der Waals surface area contributed by atoms with Gasteiger partial charge in [-0.2, -0.15) is 0 Å². The predicted octanol–water partition coefficient (Wildman–Crippen LogP) is 2.86. The second-order valence-electron chi connectivity index (χ2n) is 5.07. The van der Waals surface area contributed by atoms with E-state index in [1.807, 2.05) is 36.9 Å². The summed E-state index contributed by atoms with van der Waals surface area (Å²) in [6.07, 6.45) is 2.34. The maximum Gasteiger partial charge on any atom is 0.255 e. The molecule has 1 heterocycles. The molecule has 1 aliphatic rings. The number of hydrogen-bond acceptors (Lipinski definition) is 2. The Hall–Kier alpha value is -1.06. The Morgan fingerprint density at radius 1 is 1.53 bits per heavy atom. The first-order valence-electron chi connectivity index (χ1n) is 6.91. The number of likely N-dealkylation sites (N-methyl/N-ethyl adjacent to an activating group) is 1. The van der Waals surface area contributed by atoms with Crippen LogP contribution in [0.2, 0.25) is 5.02 Å². The molecule has 0 saturated carbocycles. The molecule has 3 nitrogen and oxygen atoms in total. The van der Waals surface area contributed by atoms with Gasteiger partial charge in [-0.3, -0.25) is 4.79 Å². The predicted molar refractivity (Wildman–Crippen MR) is 78.8 cm³/mol. The van der Waals surface area contributed by atoms with Gasteiger partial charge >= 0.3 is 0 Å². The summed E-state index contributed by atoms with van der Waals surface area (Å²) in [5.74, 6) is 0.0323. The molecule has 4 heteroatoms. The van der Waals surface area contributed by atoms with Crippen molar-refractivity contribution >= 4 is 17.5 Å². The normalized spacial score (nSPS) is 18.6. The number of carbonyl (C=O) groups excluding carboxylic acids is 1. The van der Waals surface area contributed by atoms with Gasteiger partial charge < -0.3 is 10.2 Å². The quantitative estimate of drug-likeness (QED) is 0.920. The minimum absolute atomic E-state index is 0.0323. The van der Waals surface area contributed by atoms with E-state index in [1.54, 1.807) is 0 Å². The Morgan fingerprint density at radius 3 is 2.95 bits per heavy atom. The van der Waals surface area contributed by atoms with E-state index in [4.69, 9.17) is 11.6 Å². The van der Waals surface area contributed by atoms with Gasteiger partial charge in [0.05, 0.1) is 10.6 Å². The van der Waals surface area contributed by atoms with Crippen LogP contribution in [-0.2, 0) is 0 Å². The molecule has 1 amide bonds. The van der Waals surface area contributed by atoms with Crippen molar-refractivity contribution in [1.29, 1.82) is 0 Å². The summed E-state index contributed by atoms with van der Waals surface area (Å²) in [5.41, 5.74) is 1.56. The number of benzene rings is 1. The van der Waals surface area contributed by atoms with Gasteiger partial charge in [0.1, 0.15) is 0 Å². The highest BCUT2D eigenvalue weighted by molar-refractivity contribution is 6.34. The minimum Gasteiger partial charge on any atom is -0.337 e. The number of amides is 1. The summed E-state index contributed by atoms with van der Waals surface area (Å²) in [5, 5.41) is 4.00. The van der Waals surface area contributed by atoms with Crippen LogP contribution in [0.5, 0.6) is 0 Å². The Labute approximate surface area is 119 Å². The minimum atomic E-state index is 0.0323. The third-order valence-electron chi connectivity index (χ3n) is 3.69. The average Bonchev–Trinajstić information content (AvgIpc) is 2.91. The van der Waals surface area contributed by atoms with Crippen molar-refractivity contribution in [2.45, 2.75) is 32.7 Å². The highest BCUT2D eigenvalue weighted by Gasteiger charge is 2.22. The van der Waals surface area contributed by atoms with Gasteiger partial charge in [-0.05, 0) is 44.9 Å². The van der Waals surface area contributed by atoms with E-state index in [-0.39, 0.29) is 5.91 Å². The molecule has 1 unspecified atom stereocenters. The monoisotopic (exact) mass is 280 g/mol. The number of aryl methyl sites for hydroxylation is 1. The molecule has 1 aromatic rings. The third kappa shape index (κ3) is 3.28.